The lowest BCUT2D eigenvalue weighted by atomic mass is 10.1. The lowest BCUT2D eigenvalue weighted by Gasteiger charge is -2.04. The summed E-state index contributed by atoms with van der Waals surface area (Å²) in [5.41, 5.74) is 8.02. The van der Waals surface area contributed by atoms with Crippen LogP contribution in [0.2, 0.25) is 0 Å². The second kappa shape index (κ2) is 9.78. The highest BCUT2D eigenvalue weighted by molar-refractivity contribution is 6.02. The van der Waals surface area contributed by atoms with E-state index in [9.17, 15) is 0 Å². The van der Waals surface area contributed by atoms with E-state index in [1.54, 1.807) is 6.08 Å². The minimum atomic E-state index is 0.758. The van der Waals surface area contributed by atoms with Crippen LogP contribution in [0.4, 0.5) is 0 Å². The number of rotatable bonds is 4. The van der Waals surface area contributed by atoms with Crippen molar-refractivity contribution >= 4 is 5.71 Å². The van der Waals surface area contributed by atoms with Gasteiger partial charge < -0.3 is 5.73 Å². The molecule has 0 bridgehead atoms. The van der Waals surface area contributed by atoms with Crippen LogP contribution < -0.4 is 5.73 Å². The van der Waals surface area contributed by atoms with Crippen molar-refractivity contribution in [1.29, 1.82) is 0 Å². The van der Waals surface area contributed by atoms with Gasteiger partial charge in [-0.2, -0.15) is 0 Å². The minimum Gasteiger partial charge on any atom is -0.404 e. The number of aliphatic imine (C=N–C) groups is 1. The third-order valence-corrected chi connectivity index (χ3v) is 1.54. The van der Waals surface area contributed by atoms with Crippen LogP contribution in [0.1, 0.15) is 27.7 Å². The van der Waals surface area contributed by atoms with E-state index in [2.05, 4.69) is 18.2 Å². The molecule has 0 saturated heterocycles. The van der Waals surface area contributed by atoms with Gasteiger partial charge in [0.2, 0.25) is 0 Å². The number of nitrogens with two attached hydrogens (primary N) is 1. The Morgan fingerprint density at radius 1 is 1.43 bits per heavy atom. The van der Waals surface area contributed by atoms with Gasteiger partial charge in [-0.05, 0) is 19.4 Å². The van der Waals surface area contributed by atoms with Gasteiger partial charge in [0.15, 0.2) is 0 Å². The van der Waals surface area contributed by atoms with E-state index in [-0.39, 0.29) is 0 Å². The van der Waals surface area contributed by atoms with Crippen molar-refractivity contribution in [3.8, 4) is 0 Å². The molecule has 2 nitrogen and oxygen atoms in total. The van der Waals surface area contributed by atoms with Crippen molar-refractivity contribution in [2.75, 3.05) is 6.54 Å². The zero-order valence-corrected chi connectivity index (χ0v) is 9.80. The summed E-state index contributed by atoms with van der Waals surface area (Å²) in [7, 11) is 0. The van der Waals surface area contributed by atoms with Crippen molar-refractivity contribution in [2.24, 2.45) is 10.7 Å². The molecule has 0 aromatic carbocycles. The van der Waals surface area contributed by atoms with Crippen LogP contribution in [-0.4, -0.2) is 12.3 Å². The molecule has 0 aromatic heterocycles. The van der Waals surface area contributed by atoms with E-state index in [1.165, 1.54) is 6.20 Å². The topological polar surface area (TPSA) is 38.4 Å². The molecule has 14 heavy (non-hydrogen) atoms. The van der Waals surface area contributed by atoms with Gasteiger partial charge in [-0.25, -0.2) is 0 Å². The third kappa shape index (κ3) is 5.36. The van der Waals surface area contributed by atoms with Gasteiger partial charge >= 0.3 is 0 Å². The number of hydrogen-bond acceptors (Lipinski definition) is 2. The lowest BCUT2D eigenvalue weighted by Crippen LogP contribution is -2.02. The van der Waals surface area contributed by atoms with Crippen molar-refractivity contribution in [2.45, 2.75) is 27.7 Å². The Bertz CT molecular complexity index is 235. The van der Waals surface area contributed by atoms with Gasteiger partial charge in [-0.3, -0.25) is 4.99 Å². The summed E-state index contributed by atoms with van der Waals surface area (Å²) >= 11 is 0. The van der Waals surface area contributed by atoms with E-state index >= 15 is 0 Å². The maximum Gasteiger partial charge on any atom is 0.0409 e. The van der Waals surface area contributed by atoms with Gasteiger partial charge in [0.05, 0.1) is 0 Å². The highest BCUT2D eigenvalue weighted by atomic mass is 14.7. The number of hydrogen-bond donors (Lipinski definition) is 1. The Labute approximate surface area is 87.9 Å². The minimum absolute atomic E-state index is 0.758. The zero-order valence-electron chi connectivity index (χ0n) is 9.80. The first-order valence-electron chi connectivity index (χ1n) is 4.92. The van der Waals surface area contributed by atoms with Gasteiger partial charge in [0.25, 0.3) is 0 Å². The summed E-state index contributed by atoms with van der Waals surface area (Å²) in [5.74, 6) is 0. The first kappa shape index (κ1) is 15.2. The molecular formula is C12H22N2. The molecule has 0 aliphatic carbocycles. The summed E-state index contributed by atoms with van der Waals surface area (Å²) < 4.78 is 0. The average Bonchev–Trinajstić information content (AvgIpc) is 2.22. The fraction of sp³-hybridized carbons (Fsp3) is 0.417. The van der Waals surface area contributed by atoms with Crippen molar-refractivity contribution in [1.82, 2.24) is 0 Å². The van der Waals surface area contributed by atoms with Crippen LogP contribution in [0.3, 0.4) is 0 Å². The highest BCUT2D eigenvalue weighted by Crippen LogP contribution is 2.09. The van der Waals surface area contributed by atoms with Crippen LogP contribution in [0, 0.1) is 0 Å². The van der Waals surface area contributed by atoms with Crippen molar-refractivity contribution < 1.29 is 0 Å². The Hall–Kier alpha value is -1.31. The maximum atomic E-state index is 5.43. The molecule has 0 unspecified atom stereocenters. The lowest BCUT2D eigenvalue weighted by molar-refractivity contribution is 1.12. The summed E-state index contributed by atoms with van der Waals surface area (Å²) in [4.78, 5) is 4.22. The highest BCUT2D eigenvalue weighted by Gasteiger charge is 2.01. The van der Waals surface area contributed by atoms with Gasteiger partial charge in [-0.15, -0.1) is 0 Å². The largest absolute Gasteiger partial charge is 0.404 e. The normalized spacial score (nSPS) is 11.4. The fourth-order valence-electron chi connectivity index (χ4n) is 0.892. The molecule has 0 saturated carbocycles. The molecule has 0 amide bonds. The van der Waals surface area contributed by atoms with E-state index < -0.39 is 0 Å². The molecule has 2 N–H and O–H groups in total. The molecule has 0 spiro atoms. The summed E-state index contributed by atoms with van der Waals surface area (Å²) in [6, 6.07) is 0. The second-order valence-corrected chi connectivity index (χ2v) is 2.37. The molecule has 0 fully saturated rings. The van der Waals surface area contributed by atoms with E-state index in [1.807, 2.05) is 27.7 Å². The van der Waals surface area contributed by atoms with Crippen molar-refractivity contribution in [3.63, 3.8) is 0 Å². The molecule has 2 heteroatoms. The van der Waals surface area contributed by atoms with Crippen LogP contribution in [0.5, 0.6) is 0 Å². The predicted octanol–water partition coefficient (Wildman–Crippen LogP) is 3.08. The van der Waals surface area contributed by atoms with E-state index in [0.29, 0.717) is 0 Å². The molecule has 0 atom stereocenters. The van der Waals surface area contributed by atoms with Gasteiger partial charge in [-0.1, -0.05) is 33.1 Å². The molecule has 0 aliphatic rings. The first-order chi connectivity index (χ1) is 6.67. The van der Waals surface area contributed by atoms with Gasteiger partial charge in [0, 0.05) is 24.0 Å². The molecule has 0 rings (SSSR count). The summed E-state index contributed by atoms with van der Waals surface area (Å²) in [6.07, 6.45) is 3.19. The molecule has 0 radical (unpaired) electrons. The van der Waals surface area contributed by atoms with Crippen LogP contribution in [0.25, 0.3) is 0 Å². The quantitative estimate of drug-likeness (QED) is 0.542. The standard InChI is InChI=1S/C10H16N2.C2H6/c1-5-8(3)10(7-11)9(4)12-6-2;1-2/h5,7H,1,3,6,11H2,2,4H3;1-2H3/b10-7-,12-9?;. The SMILES string of the molecule is C=CC(=C)/C(=C/N)C(C)=NCC.CC. The van der Waals surface area contributed by atoms with Gasteiger partial charge in [0.1, 0.15) is 0 Å². The van der Waals surface area contributed by atoms with Crippen LogP contribution >= 0.6 is 0 Å². The Balaban J connectivity index is 0. The van der Waals surface area contributed by atoms with E-state index in [4.69, 9.17) is 5.73 Å². The first-order valence-corrected chi connectivity index (χ1v) is 4.92. The van der Waals surface area contributed by atoms with Crippen molar-refractivity contribution in [3.05, 3.63) is 36.6 Å². The smallest absolute Gasteiger partial charge is 0.0409 e. The maximum absolute atomic E-state index is 5.43. The molecular weight excluding hydrogens is 172 g/mol. The Kier molecular flexibility index (Phi) is 10.6. The molecule has 0 aliphatic heterocycles. The fourth-order valence-corrected chi connectivity index (χ4v) is 0.892. The monoisotopic (exact) mass is 194 g/mol. The Morgan fingerprint density at radius 3 is 2.21 bits per heavy atom. The molecule has 0 heterocycles. The molecule has 80 valence electrons. The van der Waals surface area contributed by atoms with Crippen LogP contribution in [0.15, 0.2) is 41.6 Å². The summed E-state index contributed by atoms with van der Waals surface area (Å²) in [5, 5.41) is 0. The predicted molar refractivity (Wildman–Crippen MR) is 66.6 cm³/mol. The summed E-state index contributed by atoms with van der Waals surface area (Å²) in [6.45, 7) is 16.1. The molecule has 0 aromatic rings. The van der Waals surface area contributed by atoms with E-state index in [0.717, 1.165) is 23.4 Å². The number of nitrogens with zero attached hydrogens (tertiary/aromatic N) is 1. The number of allylic oxidation sites excluding steroid dienone is 3. The average molecular weight is 194 g/mol. The Morgan fingerprint density at radius 2 is 1.93 bits per heavy atom. The third-order valence-electron chi connectivity index (χ3n) is 1.54. The van der Waals surface area contributed by atoms with Crippen LogP contribution in [-0.2, 0) is 0 Å². The zero-order chi connectivity index (χ0) is 11.6. The second-order valence-electron chi connectivity index (χ2n) is 2.37.